The van der Waals surface area contributed by atoms with Crippen LogP contribution in [-0.2, 0) is 0 Å². The third-order valence-corrected chi connectivity index (χ3v) is 14.4. The van der Waals surface area contributed by atoms with E-state index < -0.39 is 0 Å². The van der Waals surface area contributed by atoms with E-state index >= 15 is 0 Å². The second-order valence-electron chi connectivity index (χ2n) is 16.7. The molecule has 71 heavy (non-hydrogen) atoms. The molecule has 19 heteroatoms. The summed E-state index contributed by atoms with van der Waals surface area (Å²) in [5.74, 6) is 1.17. The van der Waals surface area contributed by atoms with Crippen molar-refractivity contribution in [3.8, 4) is 0 Å². The van der Waals surface area contributed by atoms with Crippen LogP contribution in [0.4, 0.5) is 45.1 Å². The van der Waals surface area contributed by atoms with Gasteiger partial charge in [0, 0.05) is 124 Å². The number of nitrogens with zero attached hydrogens (tertiary/aromatic N) is 8. The van der Waals surface area contributed by atoms with Crippen LogP contribution in [0.3, 0.4) is 0 Å². The van der Waals surface area contributed by atoms with Gasteiger partial charge in [-0.2, -0.15) is 14.9 Å². The highest BCUT2D eigenvalue weighted by molar-refractivity contribution is 9.09. The zero-order valence-electron chi connectivity index (χ0n) is 42.5. The summed E-state index contributed by atoms with van der Waals surface area (Å²) in [5, 5.41) is 8.27. The number of Topliss-reactive ketones (excluding diaryl/α,β-unsaturated/α-hetero) is 1. The van der Waals surface area contributed by atoms with Crippen molar-refractivity contribution in [3.05, 3.63) is 113 Å². The lowest BCUT2D eigenvalue weighted by Gasteiger charge is -2.34. The normalized spacial score (nSPS) is 13.9. The molecule has 2 aliphatic heterocycles. The Balaban J connectivity index is 0.000000249. The Morgan fingerprint density at radius 3 is 1.56 bits per heavy atom. The number of benzene rings is 4. The van der Waals surface area contributed by atoms with Gasteiger partial charge < -0.3 is 51.5 Å². The van der Waals surface area contributed by atoms with E-state index in [9.17, 15) is 9.59 Å². The number of thioether (sulfide) groups is 1. The van der Waals surface area contributed by atoms with E-state index in [0.29, 0.717) is 31.2 Å². The molecule has 2 fully saturated rings. The van der Waals surface area contributed by atoms with Crippen molar-refractivity contribution in [2.75, 3.05) is 140 Å². The predicted octanol–water partition coefficient (Wildman–Crippen LogP) is 9.67. The number of rotatable bonds is 16. The summed E-state index contributed by atoms with van der Waals surface area (Å²) in [6.07, 6.45) is 0. The maximum absolute atomic E-state index is 13.0. The summed E-state index contributed by atoms with van der Waals surface area (Å²) in [5.41, 5.74) is 19.8. The number of thiazole rings is 1. The smallest absolute Gasteiger partial charge is 0.206 e. The van der Waals surface area contributed by atoms with Crippen molar-refractivity contribution in [1.82, 2.24) is 14.8 Å². The number of aromatic nitrogens is 1. The monoisotopic (exact) mass is 1100 g/mol. The van der Waals surface area contributed by atoms with E-state index in [-0.39, 0.29) is 27.3 Å². The number of nitrogens with one attached hydrogen (secondary N) is 2. The van der Waals surface area contributed by atoms with Crippen LogP contribution in [0.15, 0.2) is 102 Å². The highest BCUT2D eigenvalue weighted by atomic mass is 79.9. The Bertz CT molecular complexity index is 2420. The van der Waals surface area contributed by atoms with Crippen LogP contribution < -0.4 is 41.7 Å². The summed E-state index contributed by atoms with van der Waals surface area (Å²) in [6.45, 7) is 22.9. The topological polar surface area (TPSA) is 155 Å². The number of piperazine rings is 2. The fourth-order valence-electron chi connectivity index (χ4n) is 7.81. The number of anilines is 8. The van der Waals surface area contributed by atoms with Crippen LogP contribution in [-0.4, -0.2) is 140 Å². The molecule has 384 valence electrons. The number of thiocarbonyl (C=S) groups is 1. The zero-order chi connectivity index (χ0) is 50.6. The van der Waals surface area contributed by atoms with Crippen molar-refractivity contribution in [2.24, 2.45) is 10.7 Å². The van der Waals surface area contributed by atoms with E-state index in [2.05, 4.69) is 132 Å². The van der Waals surface area contributed by atoms with E-state index in [0.717, 1.165) is 107 Å². The number of carbonyl (C=O) groups is 2. The molecule has 1 aromatic heterocycles. The van der Waals surface area contributed by atoms with Crippen LogP contribution in [0.2, 0.25) is 0 Å². The van der Waals surface area contributed by atoms with Crippen LogP contribution in [0, 0.1) is 0 Å². The first kappa shape index (κ1) is 58.8. The van der Waals surface area contributed by atoms with Crippen LogP contribution >= 0.6 is 61.1 Å². The minimum Gasteiger partial charge on any atom is -0.382 e. The number of halogens is 1. The number of nitrogen functional groups attached to an aromatic ring is 1. The molecule has 2 aliphatic rings. The number of nitrogens with two attached hydrogens (primary N) is 2. The molecular formula is C52H74BrN12O2PS3. The Morgan fingerprint density at radius 1 is 0.704 bits per heavy atom. The lowest BCUT2D eigenvalue weighted by atomic mass is 10.1. The second kappa shape index (κ2) is 30.3. The summed E-state index contributed by atoms with van der Waals surface area (Å²) >= 11 is 11.1. The molecule has 2 saturated heterocycles. The predicted molar refractivity (Wildman–Crippen MR) is 321 cm³/mol. The molecule has 0 radical (unpaired) electrons. The van der Waals surface area contributed by atoms with Crippen molar-refractivity contribution in [3.63, 3.8) is 0 Å². The van der Waals surface area contributed by atoms with Crippen molar-refractivity contribution in [1.29, 1.82) is 0 Å². The first-order valence-electron chi connectivity index (χ1n) is 24.0. The van der Waals surface area contributed by atoms with Crippen LogP contribution in [0.25, 0.3) is 0 Å². The molecule has 0 bridgehead atoms. The molecule has 6 N–H and O–H groups in total. The molecular weight excluding hydrogens is 1030 g/mol. The molecule has 0 spiro atoms. The molecule has 4 aromatic carbocycles. The van der Waals surface area contributed by atoms with Gasteiger partial charge in [-0.1, -0.05) is 46.0 Å². The number of aliphatic imine (C=N–C) groups is 1. The highest BCUT2D eigenvalue weighted by Gasteiger charge is 2.20. The standard InChI is InChI=1S/C25H32N6OS.C15H23N5S2.C12H16BrNO.H3P/c1-4-30(5-2)20-10-6-18(7-11-20)22(32)23-24(26)28-25(33-23)27-19-8-12-21(13-9-19)31-16-14-29(3)15-17-31;1-3-22-14(16)18-15(21)17-12-4-6-13(7-5-12)20-10-8-19(2)9-11-20;1-3-14(4-2)11-7-5-10(6-8-11)12(15)9-13;/h6-13H,4-5,14-17,26H2,1-3H3,(H,27,28);4-7H,3,8-11H2,1-2H3,(H3,16,17,18,21);5-8H,3-4,9H2,1-2H3;1H3. The van der Waals surface area contributed by atoms with Gasteiger partial charge in [0.25, 0.3) is 0 Å². The second-order valence-corrected chi connectivity index (χ2v) is 19.9. The molecule has 7 rings (SSSR count). The van der Waals surface area contributed by atoms with Gasteiger partial charge in [0.15, 0.2) is 21.2 Å². The number of hydrogen-bond donors (Lipinski definition) is 4. The van der Waals surface area contributed by atoms with Gasteiger partial charge in [0.05, 0.1) is 5.33 Å². The fraction of sp³-hybridized carbons (Fsp3) is 0.404. The first-order valence-corrected chi connectivity index (χ1v) is 27.3. The average Bonchev–Trinajstić information content (AvgIpc) is 3.75. The van der Waals surface area contributed by atoms with Crippen molar-refractivity contribution >= 4 is 128 Å². The van der Waals surface area contributed by atoms with E-state index in [4.69, 9.17) is 23.7 Å². The molecule has 5 aromatic rings. The number of carbonyl (C=O) groups excluding carboxylic acids is 2. The molecule has 0 saturated carbocycles. The molecule has 1 unspecified atom stereocenters. The van der Waals surface area contributed by atoms with Crippen molar-refractivity contribution < 1.29 is 9.59 Å². The number of hydrogen-bond acceptors (Lipinski definition) is 14. The van der Waals surface area contributed by atoms with Gasteiger partial charge in [0.1, 0.15) is 10.7 Å². The average molecular weight is 1110 g/mol. The fourth-order valence-corrected chi connectivity index (χ4v) is 9.73. The van der Waals surface area contributed by atoms with E-state index in [1.54, 1.807) is 0 Å². The first-order chi connectivity index (χ1) is 33.8. The molecule has 3 heterocycles. The number of likely N-dealkylation sites (N-methyl/N-ethyl adjacent to an activating group) is 2. The van der Waals surface area contributed by atoms with Gasteiger partial charge in [-0.15, -0.1) is 0 Å². The molecule has 0 aliphatic carbocycles. The summed E-state index contributed by atoms with van der Waals surface area (Å²) in [4.78, 5) is 47.4. The maximum Gasteiger partial charge on any atom is 0.206 e. The van der Waals surface area contributed by atoms with Gasteiger partial charge in [-0.25, -0.2) is 4.98 Å². The number of ketones is 2. The lowest BCUT2D eigenvalue weighted by Crippen LogP contribution is -2.44. The molecule has 14 nitrogen and oxygen atoms in total. The zero-order valence-corrected chi connectivity index (χ0v) is 47.9. The Kier molecular flexibility index (Phi) is 25.1. The lowest BCUT2D eigenvalue weighted by molar-refractivity contribution is 0.102. The summed E-state index contributed by atoms with van der Waals surface area (Å²) in [7, 11) is 4.32. The van der Waals surface area contributed by atoms with Crippen LogP contribution in [0.1, 0.15) is 60.2 Å². The van der Waals surface area contributed by atoms with Gasteiger partial charge >= 0.3 is 0 Å². The molecule has 0 amide bonds. The Morgan fingerprint density at radius 2 is 1.14 bits per heavy atom. The molecule has 1 atom stereocenters. The minimum atomic E-state index is -0.102. The summed E-state index contributed by atoms with van der Waals surface area (Å²) in [6, 6.07) is 32.1. The largest absolute Gasteiger partial charge is 0.382 e. The maximum atomic E-state index is 13.0. The summed E-state index contributed by atoms with van der Waals surface area (Å²) < 4.78 is 0. The van der Waals surface area contributed by atoms with E-state index in [1.807, 2.05) is 79.7 Å². The van der Waals surface area contributed by atoms with Crippen LogP contribution in [0.5, 0.6) is 0 Å². The minimum absolute atomic E-state index is 0. The van der Waals surface area contributed by atoms with Gasteiger partial charge in [-0.3, -0.25) is 9.59 Å². The highest BCUT2D eigenvalue weighted by Crippen LogP contribution is 2.31. The van der Waals surface area contributed by atoms with Gasteiger partial charge in [-0.05, 0) is 157 Å². The Labute approximate surface area is 447 Å². The number of alkyl halides is 1. The van der Waals surface area contributed by atoms with Crippen molar-refractivity contribution in [2.45, 2.75) is 34.6 Å². The SMILES string of the molecule is CCN(CC)c1ccc(C(=O)CBr)cc1.CCN(CC)c1ccc(C(=O)c2sc(Nc3ccc(N4CCN(C)CC4)cc3)nc2N)cc1.CCSC(N)=NC(=S)Nc1ccc(N2CCN(C)CC2)cc1.P. The third-order valence-electron chi connectivity index (χ3n) is 12.0. The third kappa shape index (κ3) is 18.0. The Hall–Kier alpha value is -4.81. The van der Waals surface area contributed by atoms with E-state index in [1.165, 1.54) is 40.2 Å². The quantitative estimate of drug-likeness (QED) is 0.0185. The van der Waals surface area contributed by atoms with Gasteiger partial charge in [0.2, 0.25) is 5.78 Å². The number of amidine groups is 1.